The van der Waals surface area contributed by atoms with Crippen molar-refractivity contribution < 1.29 is 9.47 Å². The highest BCUT2D eigenvalue weighted by Gasteiger charge is 2.23. The highest BCUT2D eigenvalue weighted by atomic mass is 16.5. The van der Waals surface area contributed by atoms with Crippen LogP contribution in [0.2, 0.25) is 0 Å². The minimum atomic E-state index is 0.241. The summed E-state index contributed by atoms with van der Waals surface area (Å²) in [4.78, 5) is 13.2. The van der Waals surface area contributed by atoms with E-state index in [4.69, 9.17) is 14.5 Å². The molecule has 3 heterocycles. The summed E-state index contributed by atoms with van der Waals surface area (Å²) in [6.45, 7) is 1.80. The lowest BCUT2D eigenvalue weighted by atomic mass is 10.2. The number of ether oxygens (including phenoxy) is 2. The number of hydrogen-bond acceptors (Lipinski definition) is 6. The fourth-order valence-electron chi connectivity index (χ4n) is 3.01. The van der Waals surface area contributed by atoms with Crippen LogP contribution in [0.15, 0.2) is 48.9 Å². The normalized spacial score (nSPS) is 16.7. The number of aromatic nitrogens is 5. The Morgan fingerprint density at radius 2 is 2.08 bits per heavy atom. The van der Waals surface area contributed by atoms with Gasteiger partial charge in [-0.05, 0) is 25.0 Å². The number of benzene rings is 1. The van der Waals surface area contributed by atoms with Crippen LogP contribution in [0.25, 0.3) is 0 Å². The third-order valence-electron chi connectivity index (χ3n) is 4.33. The summed E-state index contributed by atoms with van der Waals surface area (Å²) in [6, 6.07) is 9.95. The number of nitrogens with zero attached hydrogens (tertiary/aromatic N) is 5. The van der Waals surface area contributed by atoms with Crippen LogP contribution in [0, 0.1) is 0 Å². The molecule has 0 radical (unpaired) electrons. The van der Waals surface area contributed by atoms with E-state index >= 15 is 0 Å². The fraction of sp³-hybridized carbons (Fsp3) is 0.368. The second-order valence-electron chi connectivity index (χ2n) is 6.20. The molecule has 134 valence electrons. The maximum Gasteiger partial charge on any atom is 0.188 e. The van der Waals surface area contributed by atoms with Gasteiger partial charge in [0.2, 0.25) is 0 Å². The summed E-state index contributed by atoms with van der Waals surface area (Å²) in [5.74, 6) is 2.45. The molecule has 0 aliphatic carbocycles. The van der Waals surface area contributed by atoms with E-state index in [-0.39, 0.29) is 6.04 Å². The predicted molar refractivity (Wildman–Crippen MR) is 94.7 cm³/mol. The van der Waals surface area contributed by atoms with Gasteiger partial charge in [0.15, 0.2) is 5.82 Å². The molecule has 1 atom stereocenters. The molecule has 0 N–H and O–H groups in total. The number of aryl methyl sites for hydroxylation is 2. The third-order valence-corrected chi connectivity index (χ3v) is 4.33. The first-order chi connectivity index (χ1) is 12.9. The van der Waals surface area contributed by atoms with Crippen LogP contribution in [0.4, 0.5) is 0 Å². The van der Waals surface area contributed by atoms with Gasteiger partial charge in [-0.3, -0.25) is 9.97 Å². The van der Waals surface area contributed by atoms with Crippen LogP contribution in [0.3, 0.4) is 0 Å². The molecule has 4 rings (SSSR count). The Labute approximate surface area is 152 Å². The maximum absolute atomic E-state index is 5.79. The first-order valence-electron chi connectivity index (χ1n) is 8.83. The maximum atomic E-state index is 5.79. The van der Waals surface area contributed by atoms with Gasteiger partial charge in [0.1, 0.15) is 18.2 Å². The highest BCUT2D eigenvalue weighted by molar-refractivity contribution is 5.21. The van der Waals surface area contributed by atoms with Crippen molar-refractivity contribution in [1.82, 2.24) is 24.7 Å². The first-order valence-corrected chi connectivity index (χ1v) is 8.83. The van der Waals surface area contributed by atoms with Gasteiger partial charge in [-0.2, -0.15) is 5.10 Å². The van der Waals surface area contributed by atoms with Crippen molar-refractivity contribution in [2.75, 3.05) is 13.2 Å². The molecular weight excluding hydrogens is 330 g/mol. The van der Waals surface area contributed by atoms with Gasteiger partial charge in [0.25, 0.3) is 0 Å². The van der Waals surface area contributed by atoms with E-state index in [9.17, 15) is 0 Å². The van der Waals surface area contributed by atoms with Crippen molar-refractivity contribution >= 4 is 0 Å². The Morgan fingerprint density at radius 3 is 2.85 bits per heavy atom. The zero-order chi connectivity index (χ0) is 17.6. The largest absolute Gasteiger partial charge is 0.486 e. The van der Waals surface area contributed by atoms with Crippen molar-refractivity contribution in [3.8, 4) is 5.75 Å². The molecule has 3 aromatic rings. The summed E-state index contributed by atoms with van der Waals surface area (Å²) in [6.07, 6.45) is 7.68. The molecule has 2 aromatic heterocycles. The van der Waals surface area contributed by atoms with Crippen LogP contribution in [0.1, 0.15) is 29.8 Å². The standard InChI is InChI=1S/C19H21N5O2/c1-2-4-17(5-3-1)26-14-18-22-19(7-6-15-12-20-9-10-21-15)24(23-18)16-8-11-25-13-16/h1-5,9-10,12,16H,6-8,11,13-14H2. The Balaban J connectivity index is 1.48. The lowest BCUT2D eigenvalue weighted by Crippen LogP contribution is -2.15. The summed E-state index contributed by atoms with van der Waals surface area (Å²) in [5, 5.41) is 4.68. The molecule has 0 amide bonds. The van der Waals surface area contributed by atoms with Crippen molar-refractivity contribution in [2.24, 2.45) is 0 Å². The molecule has 1 saturated heterocycles. The lowest BCUT2D eigenvalue weighted by Gasteiger charge is -2.11. The average Bonchev–Trinajstić information content (AvgIpc) is 3.36. The molecule has 1 unspecified atom stereocenters. The molecule has 1 fully saturated rings. The number of hydrogen-bond donors (Lipinski definition) is 0. The minimum absolute atomic E-state index is 0.241. The van der Waals surface area contributed by atoms with Crippen LogP contribution in [-0.2, 0) is 24.2 Å². The van der Waals surface area contributed by atoms with Crippen molar-refractivity contribution in [2.45, 2.75) is 31.9 Å². The predicted octanol–water partition coefficient (Wildman–Crippen LogP) is 2.39. The zero-order valence-electron chi connectivity index (χ0n) is 14.5. The molecule has 26 heavy (non-hydrogen) atoms. The Kier molecular flexibility index (Phi) is 5.16. The Hall–Kier alpha value is -2.80. The van der Waals surface area contributed by atoms with Crippen LogP contribution >= 0.6 is 0 Å². The quantitative estimate of drug-likeness (QED) is 0.651. The van der Waals surface area contributed by atoms with E-state index in [1.807, 2.05) is 35.0 Å². The molecule has 7 heteroatoms. The SMILES string of the molecule is c1ccc(OCc2nc(CCc3cnccn3)n(C3CCOC3)n2)cc1. The molecule has 0 spiro atoms. The van der Waals surface area contributed by atoms with E-state index in [0.717, 1.165) is 43.1 Å². The Morgan fingerprint density at radius 1 is 1.15 bits per heavy atom. The topological polar surface area (TPSA) is 75.0 Å². The van der Waals surface area contributed by atoms with Gasteiger partial charge in [-0.1, -0.05) is 18.2 Å². The van der Waals surface area contributed by atoms with E-state index in [1.54, 1.807) is 18.6 Å². The molecule has 1 aliphatic rings. The molecule has 0 bridgehead atoms. The minimum Gasteiger partial charge on any atom is -0.486 e. The van der Waals surface area contributed by atoms with E-state index in [1.165, 1.54) is 0 Å². The number of rotatable bonds is 7. The van der Waals surface area contributed by atoms with Crippen molar-refractivity contribution in [3.63, 3.8) is 0 Å². The molecular formula is C19H21N5O2. The van der Waals surface area contributed by atoms with Crippen LogP contribution in [0.5, 0.6) is 5.75 Å². The van der Waals surface area contributed by atoms with Gasteiger partial charge in [-0.25, -0.2) is 9.67 Å². The second-order valence-corrected chi connectivity index (χ2v) is 6.20. The summed E-state index contributed by atoms with van der Waals surface area (Å²) >= 11 is 0. The Bertz CT molecular complexity index is 816. The van der Waals surface area contributed by atoms with E-state index < -0.39 is 0 Å². The molecule has 0 saturated carbocycles. The number of para-hydroxylation sites is 1. The summed E-state index contributed by atoms with van der Waals surface area (Å²) in [7, 11) is 0. The van der Waals surface area contributed by atoms with E-state index in [2.05, 4.69) is 15.1 Å². The van der Waals surface area contributed by atoms with Gasteiger partial charge in [0, 0.05) is 31.6 Å². The molecule has 1 aromatic carbocycles. The first kappa shape index (κ1) is 16.7. The fourth-order valence-corrected chi connectivity index (χ4v) is 3.01. The van der Waals surface area contributed by atoms with Gasteiger partial charge >= 0.3 is 0 Å². The van der Waals surface area contributed by atoms with Gasteiger partial charge < -0.3 is 9.47 Å². The summed E-state index contributed by atoms with van der Waals surface area (Å²) in [5.41, 5.74) is 0.951. The van der Waals surface area contributed by atoms with Gasteiger partial charge in [0.05, 0.1) is 18.3 Å². The van der Waals surface area contributed by atoms with Crippen molar-refractivity contribution in [3.05, 3.63) is 66.3 Å². The zero-order valence-corrected chi connectivity index (χ0v) is 14.5. The lowest BCUT2D eigenvalue weighted by molar-refractivity contribution is 0.183. The smallest absolute Gasteiger partial charge is 0.188 e. The van der Waals surface area contributed by atoms with E-state index in [0.29, 0.717) is 19.0 Å². The van der Waals surface area contributed by atoms with Crippen LogP contribution in [-0.4, -0.2) is 37.9 Å². The highest BCUT2D eigenvalue weighted by Crippen LogP contribution is 2.21. The third kappa shape index (κ3) is 4.05. The second kappa shape index (κ2) is 8.05. The molecule has 1 aliphatic heterocycles. The summed E-state index contributed by atoms with van der Waals surface area (Å²) < 4.78 is 13.3. The van der Waals surface area contributed by atoms with Crippen molar-refractivity contribution in [1.29, 1.82) is 0 Å². The molecule has 7 nitrogen and oxygen atoms in total. The monoisotopic (exact) mass is 351 g/mol. The van der Waals surface area contributed by atoms with Gasteiger partial charge in [-0.15, -0.1) is 0 Å². The average molecular weight is 351 g/mol. The van der Waals surface area contributed by atoms with Crippen LogP contribution < -0.4 is 4.74 Å².